The summed E-state index contributed by atoms with van der Waals surface area (Å²) in [6.45, 7) is 6.18. The lowest BCUT2D eigenvalue weighted by Gasteiger charge is -2.41. The summed E-state index contributed by atoms with van der Waals surface area (Å²) in [6.07, 6.45) is 9.11. The molecule has 18 heavy (non-hydrogen) atoms. The van der Waals surface area contributed by atoms with Crippen molar-refractivity contribution < 1.29 is 5.11 Å². The van der Waals surface area contributed by atoms with Gasteiger partial charge in [-0.15, -0.1) is 0 Å². The van der Waals surface area contributed by atoms with Crippen LogP contribution in [0.5, 0.6) is 0 Å². The molecule has 0 aromatic heterocycles. The minimum atomic E-state index is 0.379. The fraction of sp³-hybridized carbons (Fsp3) is 1.00. The quantitative estimate of drug-likeness (QED) is 0.788. The maximum absolute atomic E-state index is 9.31. The molecule has 1 heterocycles. The zero-order valence-corrected chi connectivity index (χ0v) is 11.9. The topological polar surface area (TPSA) is 35.5 Å². The second kappa shape index (κ2) is 7.46. The van der Waals surface area contributed by atoms with Crippen LogP contribution in [0.15, 0.2) is 0 Å². The third kappa shape index (κ3) is 3.94. The van der Waals surface area contributed by atoms with E-state index in [-0.39, 0.29) is 0 Å². The normalized spacial score (nSPS) is 34.7. The van der Waals surface area contributed by atoms with Crippen LogP contribution in [0.3, 0.4) is 0 Å². The van der Waals surface area contributed by atoms with E-state index >= 15 is 0 Å². The van der Waals surface area contributed by atoms with Gasteiger partial charge in [-0.25, -0.2) is 0 Å². The molecular formula is C15H30N2O. The first kappa shape index (κ1) is 14.3. The van der Waals surface area contributed by atoms with Crippen LogP contribution in [-0.2, 0) is 0 Å². The third-order valence-corrected chi connectivity index (χ3v) is 4.70. The second-order valence-corrected chi connectivity index (χ2v) is 6.15. The van der Waals surface area contributed by atoms with Gasteiger partial charge in [0.1, 0.15) is 0 Å². The van der Waals surface area contributed by atoms with Crippen LogP contribution in [0, 0.1) is 5.92 Å². The number of rotatable bonds is 5. The molecule has 106 valence electrons. The molecule has 0 spiro atoms. The molecule has 1 saturated heterocycles. The van der Waals surface area contributed by atoms with E-state index in [9.17, 15) is 5.11 Å². The van der Waals surface area contributed by atoms with Crippen molar-refractivity contribution in [2.45, 2.75) is 64.0 Å². The Hall–Kier alpha value is -0.120. The van der Waals surface area contributed by atoms with E-state index in [4.69, 9.17) is 0 Å². The van der Waals surface area contributed by atoms with E-state index in [1.165, 1.54) is 58.0 Å². The fourth-order valence-electron chi connectivity index (χ4n) is 3.57. The molecule has 2 rings (SSSR count). The number of hydrogen-bond donors (Lipinski definition) is 2. The Bertz CT molecular complexity index is 227. The first-order chi connectivity index (χ1) is 8.83. The SMILES string of the molecule is CCCNC1CCC(N2CCCC(CO)C2)CC1. The fourth-order valence-corrected chi connectivity index (χ4v) is 3.57. The molecule has 1 atom stereocenters. The summed E-state index contributed by atoms with van der Waals surface area (Å²) >= 11 is 0. The average Bonchev–Trinajstić information content (AvgIpc) is 2.46. The Morgan fingerprint density at radius 2 is 1.94 bits per heavy atom. The Labute approximate surface area is 112 Å². The van der Waals surface area contributed by atoms with Crippen LogP contribution in [0.2, 0.25) is 0 Å². The minimum Gasteiger partial charge on any atom is -0.396 e. The standard InChI is InChI=1S/C15H30N2O/c1-2-9-16-14-5-7-15(8-6-14)17-10-3-4-13(11-17)12-18/h13-16,18H,2-12H2,1H3. The Morgan fingerprint density at radius 3 is 2.61 bits per heavy atom. The van der Waals surface area contributed by atoms with E-state index in [0.717, 1.165) is 18.6 Å². The van der Waals surface area contributed by atoms with Gasteiger partial charge in [0.2, 0.25) is 0 Å². The third-order valence-electron chi connectivity index (χ3n) is 4.70. The van der Waals surface area contributed by atoms with Gasteiger partial charge in [-0.2, -0.15) is 0 Å². The maximum Gasteiger partial charge on any atom is 0.0471 e. The number of likely N-dealkylation sites (tertiary alicyclic amines) is 1. The number of nitrogens with zero attached hydrogens (tertiary/aromatic N) is 1. The van der Waals surface area contributed by atoms with Crippen molar-refractivity contribution in [1.29, 1.82) is 0 Å². The molecule has 1 unspecified atom stereocenters. The van der Waals surface area contributed by atoms with Gasteiger partial charge in [0.15, 0.2) is 0 Å². The number of aliphatic hydroxyl groups excluding tert-OH is 1. The zero-order chi connectivity index (χ0) is 12.8. The van der Waals surface area contributed by atoms with Gasteiger partial charge in [-0.1, -0.05) is 6.92 Å². The molecule has 1 aliphatic heterocycles. The summed E-state index contributed by atoms with van der Waals surface area (Å²) < 4.78 is 0. The molecule has 1 aliphatic carbocycles. The van der Waals surface area contributed by atoms with E-state index in [2.05, 4.69) is 17.1 Å². The van der Waals surface area contributed by atoms with E-state index in [1.807, 2.05) is 0 Å². The molecule has 3 nitrogen and oxygen atoms in total. The summed E-state index contributed by atoms with van der Waals surface area (Å²) in [6, 6.07) is 1.55. The molecule has 1 saturated carbocycles. The molecule has 0 aromatic carbocycles. The number of hydrogen-bond acceptors (Lipinski definition) is 3. The van der Waals surface area contributed by atoms with Gasteiger partial charge < -0.3 is 15.3 Å². The molecule has 3 heteroatoms. The lowest BCUT2D eigenvalue weighted by atomic mass is 9.88. The molecule has 0 radical (unpaired) electrons. The number of piperidine rings is 1. The van der Waals surface area contributed by atoms with Crippen molar-refractivity contribution in [2.24, 2.45) is 5.92 Å². The largest absolute Gasteiger partial charge is 0.396 e. The monoisotopic (exact) mass is 254 g/mol. The highest BCUT2D eigenvalue weighted by Crippen LogP contribution is 2.27. The highest BCUT2D eigenvalue weighted by Gasteiger charge is 2.28. The van der Waals surface area contributed by atoms with Crippen LogP contribution >= 0.6 is 0 Å². The molecule has 2 aliphatic rings. The average molecular weight is 254 g/mol. The molecular weight excluding hydrogens is 224 g/mol. The van der Waals surface area contributed by atoms with Gasteiger partial charge in [0.05, 0.1) is 0 Å². The van der Waals surface area contributed by atoms with Crippen molar-refractivity contribution in [3.8, 4) is 0 Å². The molecule has 0 bridgehead atoms. The first-order valence-corrected chi connectivity index (χ1v) is 7.91. The van der Waals surface area contributed by atoms with Gasteiger partial charge in [0, 0.05) is 25.2 Å². The Kier molecular flexibility index (Phi) is 5.93. The molecule has 2 fully saturated rings. The zero-order valence-electron chi connectivity index (χ0n) is 11.9. The van der Waals surface area contributed by atoms with Crippen LogP contribution in [-0.4, -0.2) is 48.3 Å². The van der Waals surface area contributed by atoms with Gasteiger partial charge >= 0.3 is 0 Å². The number of nitrogens with one attached hydrogen (secondary N) is 1. The van der Waals surface area contributed by atoms with E-state index in [0.29, 0.717) is 12.5 Å². The van der Waals surface area contributed by atoms with Crippen LogP contribution in [0.25, 0.3) is 0 Å². The van der Waals surface area contributed by atoms with Gasteiger partial charge in [-0.3, -0.25) is 0 Å². The van der Waals surface area contributed by atoms with Crippen molar-refractivity contribution in [1.82, 2.24) is 10.2 Å². The molecule has 0 amide bonds. The lowest BCUT2D eigenvalue weighted by Crippen LogP contribution is -2.47. The van der Waals surface area contributed by atoms with Crippen molar-refractivity contribution in [3.05, 3.63) is 0 Å². The smallest absolute Gasteiger partial charge is 0.0471 e. The predicted molar refractivity (Wildman–Crippen MR) is 75.7 cm³/mol. The first-order valence-electron chi connectivity index (χ1n) is 7.91. The summed E-state index contributed by atoms with van der Waals surface area (Å²) in [5, 5.41) is 13.0. The number of aliphatic hydroxyl groups is 1. The van der Waals surface area contributed by atoms with Crippen LogP contribution in [0.1, 0.15) is 51.9 Å². The summed E-state index contributed by atoms with van der Waals surface area (Å²) in [4.78, 5) is 2.65. The predicted octanol–water partition coefficient (Wildman–Crippen LogP) is 2.00. The summed E-state index contributed by atoms with van der Waals surface area (Å²) in [5.74, 6) is 0.537. The van der Waals surface area contributed by atoms with Crippen molar-refractivity contribution in [2.75, 3.05) is 26.2 Å². The lowest BCUT2D eigenvalue weighted by molar-refractivity contribution is 0.0678. The van der Waals surface area contributed by atoms with Gasteiger partial charge in [-0.05, 0) is 64.0 Å². The maximum atomic E-state index is 9.31. The van der Waals surface area contributed by atoms with Gasteiger partial charge in [0.25, 0.3) is 0 Å². The summed E-state index contributed by atoms with van der Waals surface area (Å²) in [5.41, 5.74) is 0. The summed E-state index contributed by atoms with van der Waals surface area (Å²) in [7, 11) is 0. The van der Waals surface area contributed by atoms with Crippen molar-refractivity contribution in [3.63, 3.8) is 0 Å². The minimum absolute atomic E-state index is 0.379. The van der Waals surface area contributed by atoms with Crippen LogP contribution in [0.4, 0.5) is 0 Å². The van der Waals surface area contributed by atoms with Crippen LogP contribution < -0.4 is 5.32 Å². The molecule has 0 aromatic rings. The van der Waals surface area contributed by atoms with E-state index in [1.54, 1.807) is 0 Å². The Morgan fingerprint density at radius 1 is 1.17 bits per heavy atom. The van der Waals surface area contributed by atoms with E-state index < -0.39 is 0 Å². The van der Waals surface area contributed by atoms with Crippen molar-refractivity contribution >= 4 is 0 Å². The Balaban J connectivity index is 1.72. The molecule has 2 N–H and O–H groups in total. The highest BCUT2D eigenvalue weighted by molar-refractivity contribution is 4.85. The highest BCUT2D eigenvalue weighted by atomic mass is 16.3. The second-order valence-electron chi connectivity index (χ2n) is 6.15.